The van der Waals surface area contributed by atoms with Crippen LogP contribution in [0, 0.1) is 5.92 Å². The Morgan fingerprint density at radius 2 is 1.72 bits per heavy atom. The third-order valence-corrected chi connectivity index (χ3v) is 7.40. The van der Waals surface area contributed by atoms with Gasteiger partial charge in [-0.2, -0.15) is 13.2 Å². The maximum absolute atomic E-state index is 13.4. The molecule has 0 aliphatic heterocycles. The van der Waals surface area contributed by atoms with Crippen LogP contribution in [0.4, 0.5) is 18.9 Å². The van der Waals surface area contributed by atoms with Gasteiger partial charge in [-0.05, 0) is 54.7 Å². The van der Waals surface area contributed by atoms with Gasteiger partial charge in [-0.25, -0.2) is 8.42 Å². The standard InChI is InChI=1S/C27H35ClF3N3O4S/c1-5-24(26(36)32-17-19(2)3)33(18-20-11-13-22(28)14-12-20)25(35)10-7-15-34(39(4,37)38)23-9-6-8-21(16-23)27(29,30)31/h6,8-9,11-14,16,19,24H,5,7,10,15,17-18H2,1-4H3,(H,32,36)/t24-/m1/s1. The molecule has 0 aliphatic rings. The first-order chi connectivity index (χ1) is 18.1. The quantitative estimate of drug-likeness (QED) is 0.335. The Morgan fingerprint density at radius 1 is 1.08 bits per heavy atom. The van der Waals surface area contributed by atoms with Crippen molar-refractivity contribution in [3.63, 3.8) is 0 Å². The molecule has 2 aromatic rings. The number of halogens is 4. The smallest absolute Gasteiger partial charge is 0.354 e. The van der Waals surface area contributed by atoms with Crippen LogP contribution in [0.5, 0.6) is 0 Å². The van der Waals surface area contributed by atoms with Gasteiger partial charge in [0.05, 0.1) is 17.5 Å². The summed E-state index contributed by atoms with van der Waals surface area (Å²) >= 11 is 5.98. The van der Waals surface area contributed by atoms with Gasteiger partial charge in [-0.1, -0.05) is 50.6 Å². The average Bonchev–Trinajstić information content (AvgIpc) is 2.85. The highest BCUT2D eigenvalue weighted by atomic mass is 35.5. The molecule has 2 rings (SSSR count). The first-order valence-corrected chi connectivity index (χ1v) is 14.8. The normalized spacial score (nSPS) is 12.7. The molecule has 0 saturated carbocycles. The minimum absolute atomic E-state index is 0.0311. The molecule has 216 valence electrons. The van der Waals surface area contributed by atoms with Crippen LogP contribution in [0.15, 0.2) is 48.5 Å². The Balaban J connectivity index is 2.25. The average molecular weight is 590 g/mol. The van der Waals surface area contributed by atoms with E-state index in [1.54, 1.807) is 31.2 Å². The molecule has 0 radical (unpaired) electrons. The molecule has 12 heteroatoms. The van der Waals surface area contributed by atoms with E-state index in [2.05, 4.69) is 5.32 Å². The van der Waals surface area contributed by atoms with Crippen molar-refractivity contribution in [3.05, 3.63) is 64.7 Å². The zero-order valence-electron chi connectivity index (χ0n) is 22.5. The Labute approximate surface area is 233 Å². The van der Waals surface area contributed by atoms with E-state index in [9.17, 15) is 31.2 Å². The van der Waals surface area contributed by atoms with Crippen LogP contribution in [0.3, 0.4) is 0 Å². The minimum atomic E-state index is -4.64. The summed E-state index contributed by atoms with van der Waals surface area (Å²) in [7, 11) is -3.94. The molecule has 0 aromatic heterocycles. The predicted octanol–water partition coefficient (Wildman–Crippen LogP) is 5.48. The lowest BCUT2D eigenvalue weighted by Gasteiger charge is -2.31. The second kappa shape index (κ2) is 14.0. The van der Waals surface area contributed by atoms with Gasteiger partial charge < -0.3 is 10.2 Å². The van der Waals surface area contributed by atoms with Crippen LogP contribution < -0.4 is 9.62 Å². The summed E-state index contributed by atoms with van der Waals surface area (Å²) in [6.07, 6.45) is -3.48. The molecule has 39 heavy (non-hydrogen) atoms. The third kappa shape index (κ3) is 10.0. The number of sulfonamides is 1. The summed E-state index contributed by atoms with van der Waals surface area (Å²) in [5, 5.41) is 3.39. The number of carbonyl (C=O) groups excluding carboxylic acids is 2. The molecule has 7 nitrogen and oxygen atoms in total. The highest BCUT2D eigenvalue weighted by molar-refractivity contribution is 7.92. The minimum Gasteiger partial charge on any atom is -0.354 e. The van der Waals surface area contributed by atoms with Crippen molar-refractivity contribution < 1.29 is 31.2 Å². The van der Waals surface area contributed by atoms with E-state index in [1.165, 1.54) is 11.0 Å². The summed E-state index contributed by atoms with van der Waals surface area (Å²) in [5.74, 6) is -0.464. The van der Waals surface area contributed by atoms with E-state index in [4.69, 9.17) is 11.6 Å². The van der Waals surface area contributed by atoms with Gasteiger partial charge in [-0.3, -0.25) is 13.9 Å². The van der Waals surface area contributed by atoms with Crippen molar-refractivity contribution in [3.8, 4) is 0 Å². The number of anilines is 1. The van der Waals surface area contributed by atoms with Crippen LogP contribution in [0.25, 0.3) is 0 Å². The second-order valence-electron chi connectivity index (χ2n) is 9.70. The van der Waals surface area contributed by atoms with Crippen LogP contribution >= 0.6 is 11.6 Å². The molecule has 0 fully saturated rings. The number of hydrogen-bond donors (Lipinski definition) is 1. The highest BCUT2D eigenvalue weighted by Gasteiger charge is 2.32. The second-order valence-corrected chi connectivity index (χ2v) is 12.0. The number of benzene rings is 2. The fourth-order valence-corrected chi connectivity index (χ4v) is 5.05. The Hall–Kier alpha value is -2.79. The summed E-state index contributed by atoms with van der Waals surface area (Å²) in [4.78, 5) is 27.8. The number of rotatable bonds is 13. The van der Waals surface area contributed by atoms with Crippen LogP contribution in [-0.2, 0) is 32.3 Å². The number of hydrogen-bond acceptors (Lipinski definition) is 4. The van der Waals surface area contributed by atoms with Gasteiger partial charge in [0.2, 0.25) is 21.8 Å². The topological polar surface area (TPSA) is 86.8 Å². The summed E-state index contributed by atoms with van der Waals surface area (Å²) in [5.41, 5.74) is -0.362. The molecular weight excluding hydrogens is 555 g/mol. The van der Waals surface area contributed by atoms with Crippen molar-refractivity contribution in [1.82, 2.24) is 10.2 Å². The van der Waals surface area contributed by atoms with Crippen molar-refractivity contribution in [2.45, 2.75) is 58.8 Å². The van der Waals surface area contributed by atoms with Gasteiger partial charge >= 0.3 is 6.18 Å². The zero-order valence-corrected chi connectivity index (χ0v) is 24.0. The first kappa shape index (κ1) is 32.4. The van der Waals surface area contributed by atoms with Gasteiger partial charge in [-0.15, -0.1) is 0 Å². The van der Waals surface area contributed by atoms with Gasteiger partial charge in [0.1, 0.15) is 6.04 Å². The Morgan fingerprint density at radius 3 is 2.26 bits per heavy atom. The molecule has 0 saturated heterocycles. The van der Waals surface area contributed by atoms with E-state index in [0.717, 1.165) is 34.3 Å². The molecule has 2 aromatic carbocycles. The summed E-state index contributed by atoms with van der Waals surface area (Å²) in [6, 6.07) is 10.1. The van der Waals surface area contributed by atoms with E-state index >= 15 is 0 Å². The van der Waals surface area contributed by atoms with Crippen molar-refractivity contribution >= 4 is 39.1 Å². The summed E-state index contributed by atoms with van der Waals surface area (Å²) in [6.45, 7) is 6.06. The molecule has 1 N–H and O–H groups in total. The molecular formula is C27H35ClF3N3O4S. The highest BCUT2D eigenvalue weighted by Crippen LogP contribution is 2.32. The fraction of sp³-hybridized carbons (Fsp3) is 0.481. The van der Waals surface area contributed by atoms with E-state index in [1.807, 2.05) is 13.8 Å². The molecule has 2 amide bonds. The Bertz CT molecular complexity index is 1220. The molecule has 0 unspecified atom stereocenters. The van der Waals surface area contributed by atoms with Crippen LogP contribution in [0.2, 0.25) is 5.02 Å². The number of alkyl halides is 3. The maximum atomic E-state index is 13.4. The van der Waals surface area contributed by atoms with Gasteiger partial charge in [0, 0.05) is 31.1 Å². The number of nitrogens with zero attached hydrogens (tertiary/aromatic N) is 2. The number of nitrogens with one attached hydrogen (secondary N) is 1. The van der Waals surface area contributed by atoms with Crippen molar-refractivity contribution in [1.29, 1.82) is 0 Å². The maximum Gasteiger partial charge on any atom is 0.416 e. The van der Waals surface area contributed by atoms with Crippen LogP contribution in [0.1, 0.15) is 51.2 Å². The number of carbonyl (C=O) groups is 2. The molecule has 0 aliphatic carbocycles. The van der Waals surface area contributed by atoms with E-state index in [0.29, 0.717) is 18.0 Å². The molecule has 1 atom stereocenters. The fourth-order valence-electron chi connectivity index (χ4n) is 3.97. The van der Waals surface area contributed by atoms with Crippen LogP contribution in [-0.4, -0.2) is 50.5 Å². The molecule has 0 heterocycles. The van der Waals surface area contributed by atoms with E-state index in [-0.39, 0.29) is 49.4 Å². The molecule has 0 bridgehead atoms. The van der Waals surface area contributed by atoms with Gasteiger partial charge in [0.15, 0.2) is 0 Å². The predicted molar refractivity (Wildman–Crippen MR) is 147 cm³/mol. The molecule has 0 spiro atoms. The third-order valence-electron chi connectivity index (χ3n) is 5.95. The largest absolute Gasteiger partial charge is 0.416 e. The zero-order chi connectivity index (χ0) is 29.4. The summed E-state index contributed by atoms with van der Waals surface area (Å²) < 4.78 is 65.3. The Kier molecular flexibility index (Phi) is 11.7. The van der Waals surface area contributed by atoms with Crippen molar-refractivity contribution in [2.75, 3.05) is 23.7 Å². The lowest BCUT2D eigenvalue weighted by atomic mass is 10.1. The lowest BCUT2D eigenvalue weighted by molar-refractivity contribution is -0.141. The number of amides is 2. The first-order valence-electron chi connectivity index (χ1n) is 12.6. The monoisotopic (exact) mass is 589 g/mol. The van der Waals surface area contributed by atoms with Crippen molar-refractivity contribution in [2.24, 2.45) is 5.92 Å². The van der Waals surface area contributed by atoms with E-state index < -0.39 is 27.8 Å². The lowest BCUT2D eigenvalue weighted by Crippen LogP contribution is -2.49. The van der Waals surface area contributed by atoms with Gasteiger partial charge in [0.25, 0.3) is 0 Å². The SMILES string of the molecule is CC[C@H](C(=O)NCC(C)C)N(Cc1ccc(Cl)cc1)C(=O)CCCN(c1cccc(C(F)(F)F)c1)S(C)(=O)=O.